The number of carbonyl (C=O) groups is 2. The van der Waals surface area contributed by atoms with Crippen LogP contribution in [-0.4, -0.2) is 43.4 Å². The van der Waals surface area contributed by atoms with Gasteiger partial charge in [-0.25, -0.2) is 4.39 Å². The Morgan fingerprint density at radius 1 is 1.00 bits per heavy atom. The molecule has 6 heteroatoms. The Morgan fingerprint density at radius 2 is 1.67 bits per heavy atom. The average Bonchev–Trinajstić information content (AvgIpc) is 2.63. The van der Waals surface area contributed by atoms with E-state index >= 15 is 0 Å². The van der Waals surface area contributed by atoms with Crippen LogP contribution in [0.25, 0.3) is 0 Å². The molecule has 0 spiro atoms. The van der Waals surface area contributed by atoms with E-state index in [-0.39, 0.29) is 5.56 Å². The fourth-order valence-corrected chi connectivity index (χ4v) is 2.68. The fourth-order valence-electron chi connectivity index (χ4n) is 2.68. The van der Waals surface area contributed by atoms with Gasteiger partial charge in [0.1, 0.15) is 5.82 Å². The van der Waals surface area contributed by atoms with Crippen molar-refractivity contribution in [2.45, 2.75) is 0 Å². The molecule has 5 nitrogen and oxygen atoms in total. The molecule has 124 valence electrons. The molecule has 3 rings (SSSR count). The van der Waals surface area contributed by atoms with Gasteiger partial charge in [0.25, 0.3) is 5.91 Å². The van der Waals surface area contributed by atoms with Crippen LogP contribution in [0.3, 0.4) is 0 Å². The highest BCUT2D eigenvalue weighted by Gasteiger charge is 2.16. The third-order valence-electron chi connectivity index (χ3n) is 4.07. The second-order valence-corrected chi connectivity index (χ2v) is 5.61. The molecule has 1 fully saturated rings. The number of nitrogens with one attached hydrogen (secondary N) is 1. The summed E-state index contributed by atoms with van der Waals surface area (Å²) in [5.74, 6) is -1.01. The Balaban J connectivity index is 1.64. The average molecular weight is 327 g/mol. The molecule has 1 saturated heterocycles. The number of benzene rings is 2. The molecule has 2 aromatic rings. The number of halogens is 1. The van der Waals surface area contributed by atoms with Crippen molar-refractivity contribution < 1.29 is 14.0 Å². The maximum atomic E-state index is 13.6. The van der Waals surface area contributed by atoms with Crippen LogP contribution >= 0.6 is 0 Å². The summed E-state index contributed by atoms with van der Waals surface area (Å²) in [6.45, 7) is 2.96. The summed E-state index contributed by atoms with van der Waals surface area (Å²) in [7, 11) is 0. The van der Waals surface area contributed by atoms with E-state index in [1.807, 2.05) is 12.1 Å². The Labute approximate surface area is 139 Å². The maximum absolute atomic E-state index is 13.6. The summed E-state index contributed by atoms with van der Waals surface area (Å²) in [4.78, 5) is 26.8. The van der Waals surface area contributed by atoms with Crippen molar-refractivity contribution >= 4 is 23.7 Å². The van der Waals surface area contributed by atoms with Crippen LogP contribution in [0.15, 0.2) is 48.5 Å². The van der Waals surface area contributed by atoms with Crippen molar-refractivity contribution in [2.75, 3.05) is 36.4 Å². The van der Waals surface area contributed by atoms with Gasteiger partial charge in [-0.1, -0.05) is 12.1 Å². The fraction of sp³-hybridized carbons (Fsp3) is 0.222. The van der Waals surface area contributed by atoms with Crippen LogP contribution in [0.4, 0.5) is 15.8 Å². The topological polar surface area (TPSA) is 52.7 Å². The molecule has 1 aliphatic heterocycles. The van der Waals surface area contributed by atoms with Crippen LogP contribution in [0.5, 0.6) is 0 Å². The first kappa shape index (κ1) is 16.0. The van der Waals surface area contributed by atoms with E-state index < -0.39 is 11.7 Å². The summed E-state index contributed by atoms with van der Waals surface area (Å²) in [5.41, 5.74) is 1.66. The first-order valence-electron chi connectivity index (χ1n) is 7.77. The highest BCUT2D eigenvalue weighted by molar-refractivity contribution is 6.04. The minimum absolute atomic E-state index is 0.0200. The molecule has 0 atom stereocenters. The second kappa shape index (κ2) is 7.12. The van der Waals surface area contributed by atoms with Gasteiger partial charge in [-0.15, -0.1) is 0 Å². The molecule has 0 radical (unpaired) electrons. The van der Waals surface area contributed by atoms with E-state index in [4.69, 9.17) is 0 Å². The molecular weight excluding hydrogens is 309 g/mol. The van der Waals surface area contributed by atoms with Gasteiger partial charge in [0.2, 0.25) is 6.41 Å². The summed E-state index contributed by atoms with van der Waals surface area (Å²) in [6, 6.07) is 13.3. The zero-order chi connectivity index (χ0) is 16.9. The van der Waals surface area contributed by atoms with E-state index in [0.29, 0.717) is 18.8 Å². The van der Waals surface area contributed by atoms with Crippen molar-refractivity contribution in [2.24, 2.45) is 0 Å². The Kier molecular flexibility index (Phi) is 4.74. The lowest BCUT2D eigenvalue weighted by Crippen LogP contribution is -2.45. The highest BCUT2D eigenvalue weighted by atomic mass is 19.1. The molecule has 2 aromatic carbocycles. The molecule has 1 N–H and O–H groups in total. The van der Waals surface area contributed by atoms with Gasteiger partial charge in [-0.05, 0) is 36.4 Å². The quantitative estimate of drug-likeness (QED) is 0.877. The first-order chi connectivity index (χ1) is 11.7. The van der Waals surface area contributed by atoms with Crippen LogP contribution in [0, 0.1) is 5.82 Å². The van der Waals surface area contributed by atoms with E-state index in [2.05, 4.69) is 10.2 Å². The zero-order valence-electron chi connectivity index (χ0n) is 13.1. The van der Waals surface area contributed by atoms with E-state index in [0.717, 1.165) is 25.2 Å². The minimum atomic E-state index is -0.542. The maximum Gasteiger partial charge on any atom is 0.258 e. The normalized spacial score (nSPS) is 14.4. The molecule has 1 heterocycles. The molecule has 0 bridgehead atoms. The number of anilines is 2. The molecule has 0 unspecified atom stereocenters. The number of rotatable bonds is 4. The molecule has 0 aromatic heterocycles. The van der Waals surface area contributed by atoms with Gasteiger partial charge in [0.05, 0.1) is 5.56 Å². The number of nitrogens with zero attached hydrogens (tertiary/aromatic N) is 2. The molecule has 2 amide bonds. The van der Waals surface area contributed by atoms with Crippen LogP contribution in [0.1, 0.15) is 10.4 Å². The number of piperazine rings is 1. The lowest BCUT2D eigenvalue weighted by atomic mass is 10.2. The van der Waals surface area contributed by atoms with Gasteiger partial charge in [-0.3, -0.25) is 9.59 Å². The number of carbonyl (C=O) groups excluding carboxylic acids is 2. The van der Waals surface area contributed by atoms with Crippen molar-refractivity contribution in [3.05, 3.63) is 59.9 Å². The van der Waals surface area contributed by atoms with Gasteiger partial charge in [0.15, 0.2) is 0 Å². The standard InChI is InChI=1S/C18H18FN3O2/c19-17-4-2-1-3-16(17)18(24)20-14-5-7-15(8-6-14)22-11-9-21(13-23)10-12-22/h1-8,13H,9-12H2,(H,20,24). The van der Waals surface area contributed by atoms with Gasteiger partial charge in [-0.2, -0.15) is 0 Å². The lowest BCUT2D eigenvalue weighted by molar-refractivity contribution is -0.118. The van der Waals surface area contributed by atoms with Gasteiger partial charge >= 0.3 is 0 Å². The van der Waals surface area contributed by atoms with Gasteiger partial charge < -0.3 is 15.1 Å². The second-order valence-electron chi connectivity index (χ2n) is 5.61. The minimum Gasteiger partial charge on any atom is -0.368 e. The summed E-state index contributed by atoms with van der Waals surface area (Å²) in [5, 5.41) is 2.69. The smallest absolute Gasteiger partial charge is 0.258 e. The molecule has 24 heavy (non-hydrogen) atoms. The predicted octanol–water partition coefficient (Wildman–Crippen LogP) is 2.36. The van der Waals surface area contributed by atoms with Crippen molar-refractivity contribution in [3.63, 3.8) is 0 Å². The monoisotopic (exact) mass is 327 g/mol. The molecule has 0 aliphatic carbocycles. The third-order valence-corrected chi connectivity index (χ3v) is 4.07. The van der Waals surface area contributed by atoms with Crippen LogP contribution in [0.2, 0.25) is 0 Å². The third kappa shape index (κ3) is 3.53. The van der Waals surface area contributed by atoms with Crippen molar-refractivity contribution in [1.29, 1.82) is 0 Å². The zero-order valence-corrected chi connectivity index (χ0v) is 13.1. The van der Waals surface area contributed by atoms with E-state index in [9.17, 15) is 14.0 Å². The highest BCUT2D eigenvalue weighted by Crippen LogP contribution is 2.20. The Hall–Kier alpha value is -2.89. The summed E-state index contributed by atoms with van der Waals surface area (Å²) in [6.07, 6.45) is 0.874. The number of hydrogen-bond acceptors (Lipinski definition) is 3. The van der Waals surface area contributed by atoms with E-state index in [1.165, 1.54) is 12.1 Å². The Morgan fingerprint density at radius 3 is 2.29 bits per heavy atom. The van der Waals surface area contributed by atoms with E-state index in [1.54, 1.807) is 29.2 Å². The first-order valence-corrected chi connectivity index (χ1v) is 7.77. The SMILES string of the molecule is O=CN1CCN(c2ccc(NC(=O)c3ccccc3F)cc2)CC1. The van der Waals surface area contributed by atoms with Crippen molar-refractivity contribution in [3.8, 4) is 0 Å². The summed E-state index contributed by atoms with van der Waals surface area (Å²) >= 11 is 0. The van der Waals surface area contributed by atoms with Crippen molar-refractivity contribution in [1.82, 2.24) is 4.90 Å². The largest absolute Gasteiger partial charge is 0.368 e. The lowest BCUT2D eigenvalue weighted by Gasteiger charge is -2.34. The Bertz CT molecular complexity index is 725. The van der Waals surface area contributed by atoms with Crippen LogP contribution < -0.4 is 10.2 Å². The predicted molar refractivity (Wildman–Crippen MR) is 90.6 cm³/mol. The van der Waals surface area contributed by atoms with Gasteiger partial charge in [0, 0.05) is 37.6 Å². The number of amides is 2. The molecule has 0 saturated carbocycles. The van der Waals surface area contributed by atoms with Crippen LogP contribution in [-0.2, 0) is 4.79 Å². The molecular formula is C18H18FN3O2. The number of hydrogen-bond donors (Lipinski definition) is 1. The molecule has 1 aliphatic rings. The summed E-state index contributed by atoms with van der Waals surface area (Å²) < 4.78 is 13.6.